The Hall–Kier alpha value is -3.15. The molecule has 0 aromatic rings. The molecule has 0 radical (unpaired) electrons. The summed E-state index contributed by atoms with van der Waals surface area (Å²) in [6, 6.07) is 0. The van der Waals surface area contributed by atoms with Crippen molar-refractivity contribution < 1.29 is 28.6 Å². The van der Waals surface area contributed by atoms with Crippen molar-refractivity contribution in [3.05, 3.63) is 72.9 Å². The summed E-state index contributed by atoms with van der Waals surface area (Å²) in [6.07, 6.45) is 58.8. The first-order valence-corrected chi connectivity index (χ1v) is 24.5. The molecule has 0 bridgehead atoms. The Morgan fingerprint density at radius 3 is 1.14 bits per heavy atom. The Labute approximate surface area is 363 Å². The SMILES string of the molecule is CC\C=C/C=C\C=C/C=C\C=C/CCCCCC(=O)OCC(COC(=O)CCCCCCC/C=C\CCCCC)OC(=O)CCCCCCCCCCCCCCCC. The van der Waals surface area contributed by atoms with Crippen LogP contribution in [0.1, 0.15) is 226 Å². The molecule has 0 amide bonds. The number of allylic oxidation sites excluding steroid dienone is 12. The van der Waals surface area contributed by atoms with Crippen LogP contribution in [0.25, 0.3) is 0 Å². The summed E-state index contributed by atoms with van der Waals surface area (Å²) in [4.78, 5) is 37.9. The number of carbonyl (C=O) groups excluding carboxylic acids is 3. The van der Waals surface area contributed by atoms with Crippen LogP contribution in [0.2, 0.25) is 0 Å². The minimum Gasteiger partial charge on any atom is -0.462 e. The van der Waals surface area contributed by atoms with E-state index in [1.807, 2.05) is 48.6 Å². The molecular formula is C53H90O6. The van der Waals surface area contributed by atoms with E-state index in [1.165, 1.54) is 109 Å². The molecule has 1 atom stereocenters. The van der Waals surface area contributed by atoms with E-state index in [1.54, 1.807) is 0 Å². The number of hydrogen-bond donors (Lipinski definition) is 0. The highest BCUT2D eigenvalue weighted by Crippen LogP contribution is 2.15. The molecule has 0 saturated carbocycles. The van der Waals surface area contributed by atoms with Gasteiger partial charge in [-0.3, -0.25) is 14.4 Å². The van der Waals surface area contributed by atoms with Crippen molar-refractivity contribution in [1.82, 2.24) is 0 Å². The zero-order valence-corrected chi connectivity index (χ0v) is 38.5. The zero-order chi connectivity index (χ0) is 43.0. The topological polar surface area (TPSA) is 78.9 Å². The quantitative estimate of drug-likeness (QED) is 0.0200. The van der Waals surface area contributed by atoms with Crippen molar-refractivity contribution in [1.29, 1.82) is 0 Å². The first kappa shape index (κ1) is 55.9. The van der Waals surface area contributed by atoms with Crippen LogP contribution in [0.5, 0.6) is 0 Å². The van der Waals surface area contributed by atoms with Crippen LogP contribution in [0.3, 0.4) is 0 Å². The molecule has 0 aliphatic carbocycles. The van der Waals surface area contributed by atoms with E-state index < -0.39 is 6.10 Å². The third-order valence-electron chi connectivity index (χ3n) is 10.3. The van der Waals surface area contributed by atoms with E-state index in [9.17, 15) is 14.4 Å². The molecule has 0 aromatic heterocycles. The summed E-state index contributed by atoms with van der Waals surface area (Å²) >= 11 is 0. The van der Waals surface area contributed by atoms with E-state index in [2.05, 4.69) is 45.1 Å². The van der Waals surface area contributed by atoms with Crippen molar-refractivity contribution in [2.24, 2.45) is 0 Å². The normalized spacial score (nSPS) is 12.7. The fourth-order valence-corrected chi connectivity index (χ4v) is 6.63. The van der Waals surface area contributed by atoms with E-state index in [4.69, 9.17) is 14.2 Å². The molecule has 0 rings (SSSR count). The standard InChI is InChI=1S/C53H90O6/c1-4-7-10-13-16-19-22-25-27-29-31-34-37-40-43-46-52(55)58-49-50(48-57-51(54)45-42-39-36-33-30-24-21-18-15-12-9-6-3)59-53(56)47-44-41-38-35-32-28-26-23-20-17-14-11-8-5-2/h7,10,13,16,18-19,21-22,25,27,29,31,50H,4-6,8-9,11-12,14-15,17,20,23-24,26,28,30,32-49H2,1-3H3/b10-7-,16-13-,21-18-,22-19-,27-25-,31-29-. The summed E-state index contributed by atoms with van der Waals surface area (Å²) in [5.74, 6) is -0.943. The van der Waals surface area contributed by atoms with Crippen molar-refractivity contribution in [3.8, 4) is 0 Å². The van der Waals surface area contributed by atoms with Gasteiger partial charge >= 0.3 is 17.9 Å². The fourth-order valence-electron chi connectivity index (χ4n) is 6.63. The Morgan fingerprint density at radius 1 is 0.356 bits per heavy atom. The largest absolute Gasteiger partial charge is 0.462 e. The second kappa shape index (κ2) is 47.5. The van der Waals surface area contributed by atoms with Crippen molar-refractivity contribution in [3.63, 3.8) is 0 Å². The monoisotopic (exact) mass is 823 g/mol. The smallest absolute Gasteiger partial charge is 0.306 e. The Balaban J connectivity index is 4.47. The predicted octanol–water partition coefficient (Wildman–Crippen LogP) is 15.9. The molecular weight excluding hydrogens is 733 g/mol. The molecule has 0 aliphatic heterocycles. The lowest BCUT2D eigenvalue weighted by Crippen LogP contribution is -2.30. The molecule has 6 heteroatoms. The minimum atomic E-state index is -0.793. The lowest BCUT2D eigenvalue weighted by atomic mass is 10.0. The maximum Gasteiger partial charge on any atom is 0.306 e. The third-order valence-corrected chi connectivity index (χ3v) is 10.3. The second-order valence-electron chi connectivity index (χ2n) is 16.1. The van der Waals surface area contributed by atoms with Gasteiger partial charge in [0, 0.05) is 19.3 Å². The van der Waals surface area contributed by atoms with Crippen molar-refractivity contribution in [2.75, 3.05) is 13.2 Å². The van der Waals surface area contributed by atoms with Crippen LogP contribution in [-0.2, 0) is 28.6 Å². The van der Waals surface area contributed by atoms with E-state index in [0.717, 1.165) is 77.0 Å². The zero-order valence-electron chi connectivity index (χ0n) is 38.5. The van der Waals surface area contributed by atoms with Crippen LogP contribution in [0.15, 0.2) is 72.9 Å². The lowest BCUT2D eigenvalue weighted by Gasteiger charge is -2.18. The molecule has 0 fully saturated rings. The highest BCUT2D eigenvalue weighted by atomic mass is 16.6. The highest BCUT2D eigenvalue weighted by molar-refractivity contribution is 5.71. The fraction of sp³-hybridized carbons (Fsp3) is 0.717. The number of esters is 3. The third kappa shape index (κ3) is 45.8. The van der Waals surface area contributed by atoms with Gasteiger partial charge < -0.3 is 14.2 Å². The van der Waals surface area contributed by atoms with Gasteiger partial charge in [0.05, 0.1) is 0 Å². The summed E-state index contributed by atoms with van der Waals surface area (Å²) in [7, 11) is 0. The van der Waals surface area contributed by atoms with E-state index >= 15 is 0 Å². The summed E-state index contributed by atoms with van der Waals surface area (Å²) in [5, 5.41) is 0. The first-order chi connectivity index (χ1) is 29.0. The van der Waals surface area contributed by atoms with Crippen LogP contribution >= 0.6 is 0 Å². The Bertz CT molecular complexity index is 1130. The number of ether oxygens (including phenoxy) is 3. The number of unbranched alkanes of at least 4 members (excludes halogenated alkanes) is 24. The summed E-state index contributed by atoms with van der Waals surface area (Å²) in [6.45, 7) is 6.42. The molecule has 0 aliphatic rings. The number of hydrogen-bond acceptors (Lipinski definition) is 6. The van der Waals surface area contributed by atoms with Gasteiger partial charge in [-0.25, -0.2) is 0 Å². The van der Waals surface area contributed by atoms with Crippen LogP contribution < -0.4 is 0 Å². The van der Waals surface area contributed by atoms with Crippen molar-refractivity contribution in [2.45, 2.75) is 232 Å². The highest BCUT2D eigenvalue weighted by Gasteiger charge is 2.19. The van der Waals surface area contributed by atoms with Gasteiger partial charge in [-0.05, 0) is 64.2 Å². The molecule has 0 aromatic carbocycles. The van der Waals surface area contributed by atoms with Crippen LogP contribution in [0, 0.1) is 0 Å². The van der Waals surface area contributed by atoms with Crippen LogP contribution in [-0.4, -0.2) is 37.2 Å². The minimum absolute atomic E-state index is 0.0925. The van der Waals surface area contributed by atoms with Gasteiger partial charge in [-0.15, -0.1) is 0 Å². The van der Waals surface area contributed by atoms with Gasteiger partial charge in [0.15, 0.2) is 6.10 Å². The molecule has 0 heterocycles. The molecule has 59 heavy (non-hydrogen) atoms. The van der Waals surface area contributed by atoms with Gasteiger partial charge in [0.25, 0.3) is 0 Å². The summed E-state index contributed by atoms with van der Waals surface area (Å²) in [5.41, 5.74) is 0. The summed E-state index contributed by atoms with van der Waals surface area (Å²) < 4.78 is 16.7. The van der Waals surface area contributed by atoms with Gasteiger partial charge in [-0.2, -0.15) is 0 Å². The molecule has 338 valence electrons. The average molecular weight is 823 g/mol. The van der Waals surface area contributed by atoms with E-state index in [0.29, 0.717) is 19.3 Å². The maximum atomic E-state index is 12.8. The number of carbonyl (C=O) groups is 3. The second-order valence-corrected chi connectivity index (χ2v) is 16.1. The molecule has 6 nitrogen and oxygen atoms in total. The molecule has 0 spiro atoms. The first-order valence-electron chi connectivity index (χ1n) is 24.5. The molecule has 0 N–H and O–H groups in total. The van der Waals surface area contributed by atoms with Gasteiger partial charge in [0.1, 0.15) is 13.2 Å². The lowest BCUT2D eigenvalue weighted by molar-refractivity contribution is -0.167. The van der Waals surface area contributed by atoms with Gasteiger partial charge in [-0.1, -0.05) is 216 Å². The van der Waals surface area contributed by atoms with Gasteiger partial charge in [0.2, 0.25) is 0 Å². The maximum absolute atomic E-state index is 12.8. The van der Waals surface area contributed by atoms with Crippen LogP contribution in [0.4, 0.5) is 0 Å². The Morgan fingerprint density at radius 2 is 0.678 bits per heavy atom. The average Bonchev–Trinajstić information content (AvgIpc) is 3.23. The molecule has 1 unspecified atom stereocenters. The number of rotatable bonds is 43. The van der Waals surface area contributed by atoms with Crippen molar-refractivity contribution >= 4 is 17.9 Å². The molecule has 0 saturated heterocycles. The Kier molecular flexibility index (Phi) is 45.0. The van der Waals surface area contributed by atoms with E-state index in [-0.39, 0.29) is 31.1 Å². The predicted molar refractivity (Wildman–Crippen MR) is 251 cm³/mol.